The molecule has 1 aromatic carbocycles. The van der Waals surface area contributed by atoms with Crippen LogP contribution in [0.4, 0.5) is 17.1 Å². The van der Waals surface area contributed by atoms with E-state index in [-0.39, 0.29) is 25.0 Å². The van der Waals surface area contributed by atoms with Crippen LogP contribution in [-0.4, -0.2) is 30.6 Å². The molecule has 1 aliphatic rings. The van der Waals surface area contributed by atoms with Crippen molar-refractivity contribution in [1.82, 2.24) is 0 Å². The maximum atomic E-state index is 11.8. The molecule has 0 saturated carbocycles. The lowest BCUT2D eigenvalue weighted by Crippen LogP contribution is -2.28. The van der Waals surface area contributed by atoms with Crippen LogP contribution in [0.15, 0.2) is 12.1 Å². The van der Waals surface area contributed by atoms with Gasteiger partial charge in [0.25, 0.3) is 5.91 Å². The van der Waals surface area contributed by atoms with E-state index in [1.807, 2.05) is 20.8 Å². The number of anilines is 3. The van der Waals surface area contributed by atoms with Gasteiger partial charge in [0.15, 0.2) is 6.61 Å². The van der Waals surface area contributed by atoms with Gasteiger partial charge in [-0.3, -0.25) is 9.59 Å². The average Bonchev–Trinajstić information content (AvgIpc) is 2.37. The Morgan fingerprint density at radius 2 is 2.19 bits per heavy atom. The molecule has 0 spiro atoms. The van der Waals surface area contributed by atoms with Crippen LogP contribution in [0.1, 0.15) is 20.8 Å². The first kappa shape index (κ1) is 15.1. The molecule has 0 unspecified atom stereocenters. The second-order valence-electron chi connectivity index (χ2n) is 5.72. The minimum absolute atomic E-state index is 0.0441. The lowest BCUT2D eigenvalue weighted by molar-refractivity contribution is -0.125. The zero-order chi connectivity index (χ0) is 15.6. The molecule has 0 bridgehead atoms. The predicted octanol–water partition coefficient (Wildman–Crippen LogP) is 1.35. The van der Waals surface area contributed by atoms with E-state index in [4.69, 9.17) is 15.2 Å². The van der Waals surface area contributed by atoms with Gasteiger partial charge in [0.1, 0.15) is 12.4 Å². The summed E-state index contributed by atoms with van der Waals surface area (Å²) in [5.74, 6) is -0.0868. The summed E-state index contributed by atoms with van der Waals surface area (Å²) in [6, 6.07) is 3.13. The normalized spacial score (nSPS) is 14.0. The third kappa shape index (κ3) is 4.09. The molecule has 114 valence electrons. The first-order valence-corrected chi connectivity index (χ1v) is 6.54. The van der Waals surface area contributed by atoms with Gasteiger partial charge in [0.05, 0.1) is 22.7 Å². The van der Waals surface area contributed by atoms with E-state index in [0.29, 0.717) is 22.8 Å². The average molecular weight is 293 g/mol. The number of rotatable bonds is 3. The molecule has 2 rings (SSSR count). The lowest BCUT2D eigenvalue weighted by atomic mass is 10.2. The zero-order valence-corrected chi connectivity index (χ0v) is 12.3. The molecule has 4 N–H and O–H groups in total. The van der Waals surface area contributed by atoms with Crippen molar-refractivity contribution < 1.29 is 19.1 Å². The minimum Gasteiger partial charge on any atom is -0.482 e. The number of benzene rings is 1. The molecule has 0 atom stereocenters. The molecule has 1 aliphatic heterocycles. The molecule has 0 aliphatic carbocycles. The number of ether oxygens (including phenoxy) is 2. The van der Waals surface area contributed by atoms with Crippen LogP contribution < -0.4 is 21.1 Å². The number of carbonyl (C=O) groups excluding carboxylic acids is 2. The van der Waals surface area contributed by atoms with Crippen LogP contribution in [0, 0.1) is 0 Å². The van der Waals surface area contributed by atoms with Crippen LogP contribution in [-0.2, 0) is 14.3 Å². The van der Waals surface area contributed by atoms with E-state index in [1.54, 1.807) is 12.1 Å². The second-order valence-corrected chi connectivity index (χ2v) is 5.72. The van der Waals surface area contributed by atoms with Crippen LogP contribution in [0.25, 0.3) is 0 Å². The van der Waals surface area contributed by atoms with Crippen LogP contribution in [0.3, 0.4) is 0 Å². The molecule has 0 aromatic heterocycles. The van der Waals surface area contributed by atoms with Gasteiger partial charge in [-0.25, -0.2) is 0 Å². The Morgan fingerprint density at radius 1 is 1.48 bits per heavy atom. The summed E-state index contributed by atoms with van der Waals surface area (Å²) in [6.45, 7) is 5.46. The minimum atomic E-state index is -0.402. The number of fused-ring (bicyclic) bond motifs is 1. The van der Waals surface area contributed by atoms with Crippen molar-refractivity contribution in [3.8, 4) is 5.75 Å². The number of nitrogen functional groups attached to an aromatic ring is 1. The Hall–Kier alpha value is -2.28. The topological polar surface area (TPSA) is 103 Å². The summed E-state index contributed by atoms with van der Waals surface area (Å²) in [4.78, 5) is 23.1. The molecule has 7 heteroatoms. The summed E-state index contributed by atoms with van der Waals surface area (Å²) in [7, 11) is 0. The summed E-state index contributed by atoms with van der Waals surface area (Å²) in [5, 5.41) is 5.31. The summed E-state index contributed by atoms with van der Waals surface area (Å²) >= 11 is 0. The van der Waals surface area contributed by atoms with Crippen molar-refractivity contribution in [2.45, 2.75) is 26.4 Å². The fourth-order valence-corrected chi connectivity index (χ4v) is 1.72. The monoisotopic (exact) mass is 293 g/mol. The third-order valence-corrected chi connectivity index (χ3v) is 2.69. The van der Waals surface area contributed by atoms with E-state index < -0.39 is 5.60 Å². The maximum Gasteiger partial charge on any atom is 0.262 e. The van der Waals surface area contributed by atoms with E-state index in [1.165, 1.54) is 0 Å². The van der Waals surface area contributed by atoms with Gasteiger partial charge in [-0.2, -0.15) is 0 Å². The van der Waals surface area contributed by atoms with Gasteiger partial charge >= 0.3 is 0 Å². The number of nitrogens with two attached hydrogens (primary N) is 1. The van der Waals surface area contributed by atoms with Gasteiger partial charge in [-0.05, 0) is 26.8 Å². The van der Waals surface area contributed by atoms with Crippen molar-refractivity contribution in [2.75, 3.05) is 29.6 Å². The molecular weight excluding hydrogens is 274 g/mol. The number of nitrogens with one attached hydrogen (secondary N) is 2. The molecule has 2 amide bonds. The highest BCUT2D eigenvalue weighted by atomic mass is 16.5. The largest absolute Gasteiger partial charge is 0.482 e. The van der Waals surface area contributed by atoms with E-state index in [2.05, 4.69) is 10.6 Å². The van der Waals surface area contributed by atoms with Gasteiger partial charge in [0, 0.05) is 6.07 Å². The van der Waals surface area contributed by atoms with Crippen LogP contribution >= 0.6 is 0 Å². The Balaban J connectivity index is 2.08. The lowest BCUT2D eigenvalue weighted by Gasteiger charge is -2.21. The molecule has 0 radical (unpaired) electrons. The Morgan fingerprint density at radius 3 is 2.86 bits per heavy atom. The van der Waals surface area contributed by atoms with E-state index >= 15 is 0 Å². The quantitative estimate of drug-likeness (QED) is 0.730. The van der Waals surface area contributed by atoms with Crippen molar-refractivity contribution in [3.05, 3.63) is 12.1 Å². The van der Waals surface area contributed by atoms with Crippen molar-refractivity contribution >= 4 is 28.9 Å². The van der Waals surface area contributed by atoms with Crippen LogP contribution in [0.2, 0.25) is 0 Å². The van der Waals surface area contributed by atoms with Crippen molar-refractivity contribution in [3.63, 3.8) is 0 Å². The van der Waals surface area contributed by atoms with E-state index in [0.717, 1.165) is 0 Å². The van der Waals surface area contributed by atoms with Gasteiger partial charge in [-0.15, -0.1) is 0 Å². The number of hydrogen-bond donors (Lipinski definition) is 3. The molecule has 0 saturated heterocycles. The number of amides is 2. The Kier molecular flexibility index (Phi) is 4.04. The van der Waals surface area contributed by atoms with Gasteiger partial charge in [-0.1, -0.05) is 0 Å². The first-order valence-electron chi connectivity index (χ1n) is 6.54. The third-order valence-electron chi connectivity index (χ3n) is 2.69. The summed E-state index contributed by atoms with van der Waals surface area (Å²) in [5.41, 5.74) is 6.70. The SMILES string of the molecule is CC(C)(C)OCC(=O)Nc1cc2c(cc1N)OCC(=O)N2. The smallest absolute Gasteiger partial charge is 0.262 e. The summed E-state index contributed by atoms with van der Waals surface area (Å²) in [6.07, 6.45) is 0. The highest BCUT2D eigenvalue weighted by molar-refractivity contribution is 6.00. The maximum absolute atomic E-state index is 11.8. The molecule has 7 nitrogen and oxygen atoms in total. The van der Waals surface area contributed by atoms with Crippen molar-refractivity contribution in [1.29, 1.82) is 0 Å². The van der Waals surface area contributed by atoms with Gasteiger partial charge < -0.3 is 25.8 Å². The highest BCUT2D eigenvalue weighted by Gasteiger charge is 2.19. The second kappa shape index (κ2) is 5.61. The van der Waals surface area contributed by atoms with Gasteiger partial charge in [0.2, 0.25) is 5.91 Å². The first-order chi connectivity index (χ1) is 9.74. The molecule has 21 heavy (non-hydrogen) atoms. The fourth-order valence-electron chi connectivity index (χ4n) is 1.72. The standard InChI is InChI=1S/C14H19N3O4/c1-14(2,3)21-7-13(19)16-9-5-10-11(4-8(9)15)20-6-12(18)17-10/h4-5H,6-7,15H2,1-3H3,(H,16,19)(H,17,18). The van der Waals surface area contributed by atoms with Crippen molar-refractivity contribution in [2.24, 2.45) is 0 Å². The Bertz CT molecular complexity index is 578. The Labute approximate surface area is 122 Å². The molecule has 0 fully saturated rings. The molecule has 1 aromatic rings. The summed E-state index contributed by atoms with van der Waals surface area (Å²) < 4.78 is 10.6. The number of carbonyl (C=O) groups is 2. The molecule has 1 heterocycles. The number of hydrogen-bond acceptors (Lipinski definition) is 5. The fraction of sp³-hybridized carbons (Fsp3) is 0.429. The molecular formula is C14H19N3O4. The van der Waals surface area contributed by atoms with Crippen LogP contribution in [0.5, 0.6) is 5.75 Å². The highest BCUT2D eigenvalue weighted by Crippen LogP contribution is 2.35. The van der Waals surface area contributed by atoms with E-state index in [9.17, 15) is 9.59 Å². The zero-order valence-electron chi connectivity index (χ0n) is 12.3. The predicted molar refractivity (Wildman–Crippen MR) is 79.3 cm³/mol.